The van der Waals surface area contributed by atoms with Crippen molar-refractivity contribution < 1.29 is 14.2 Å². The predicted molar refractivity (Wildman–Crippen MR) is 123 cm³/mol. The molecule has 0 aliphatic carbocycles. The lowest BCUT2D eigenvalue weighted by Crippen LogP contribution is -2.04. The number of anilines is 4. The van der Waals surface area contributed by atoms with Crippen molar-refractivity contribution in [1.29, 1.82) is 0 Å². The Hall–Kier alpha value is -3.84. The highest BCUT2D eigenvalue weighted by molar-refractivity contribution is 5.92. The molecule has 0 unspecified atom stereocenters. The highest BCUT2D eigenvalue weighted by Crippen LogP contribution is 2.27. The molecule has 0 atom stereocenters. The molecule has 4 rings (SSSR count). The summed E-state index contributed by atoms with van der Waals surface area (Å²) in [4.78, 5) is 9.36. The zero-order valence-corrected chi connectivity index (χ0v) is 17.5. The summed E-state index contributed by atoms with van der Waals surface area (Å²) >= 11 is 0. The summed E-state index contributed by atoms with van der Waals surface area (Å²) < 4.78 is 15.8. The highest BCUT2D eigenvalue weighted by Gasteiger charge is 2.09. The molecule has 0 fully saturated rings. The lowest BCUT2D eigenvalue weighted by atomic mass is 10.2. The van der Waals surface area contributed by atoms with Crippen LogP contribution in [-0.2, 0) is 4.74 Å². The monoisotopic (exact) mass is 416 g/mol. The normalized spacial score (nSPS) is 10.6. The van der Waals surface area contributed by atoms with Crippen molar-refractivity contribution >= 4 is 34.0 Å². The third kappa shape index (κ3) is 5.21. The van der Waals surface area contributed by atoms with Gasteiger partial charge in [0, 0.05) is 23.9 Å². The fourth-order valence-corrected chi connectivity index (χ4v) is 3.05. The van der Waals surface area contributed by atoms with E-state index < -0.39 is 0 Å². The Balaban J connectivity index is 1.56. The van der Waals surface area contributed by atoms with Gasteiger partial charge in [0.05, 0.1) is 19.2 Å². The molecule has 31 heavy (non-hydrogen) atoms. The molecule has 1 aromatic heterocycles. The molecule has 0 amide bonds. The van der Waals surface area contributed by atoms with E-state index in [1.807, 2.05) is 72.8 Å². The lowest BCUT2D eigenvalue weighted by molar-refractivity contribution is 0.146. The van der Waals surface area contributed by atoms with Crippen molar-refractivity contribution in [2.45, 2.75) is 0 Å². The standard InChI is InChI=1S/C24H24N4O3/c1-29-15-16-31-20-13-9-18(10-14-20)26-24-27-22-6-4-3-5-21(22)23(28-24)25-17-7-11-19(30-2)12-8-17/h3-14H,15-16H2,1-2H3,(H2,25,26,27,28). The van der Waals surface area contributed by atoms with Crippen LogP contribution in [-0.4, -0.2) is 37.4 Å². The summed E-state index contributed by atoms with van der Waals surface area (Å²) in [6.45, 7) is 1.06. The summed E-state index contributed by atoms with van der Waals surface area (Å²) in [6.07, 6.45) is 0. The summed E-state index contributed by atoms with van der Waals surface area (Å²) in [6, 6.07) is 23.3. The Labute approximate surface area is 181 Å². The topological polar surface area (TPSA) is 77.5 Å². The minimum absolute atomic E-state index is 0.503. The van der Waals surface area contributed by atoms with Gasteiger partial charge in [-0.2, -0.15) is 4.98 Å². The number of methoxy groups -OCH3 is 2. The summed E-state index contributed by atoms with van der Waals surface area (Å²) in [5.74, 6) is 2.81. The number of hydrogen-bond acceptors (Lipinski definition) is 7. The molecule has 0 aliphatic heterocycles. The van der Waals surface area contributed by atoms with Gasteiger partial charge < -0.3 is 24.8 Å². The van der Waals surface area contributed by atoms with Crippen LogP contribution in [0.3, 0.4) is 0 Å². The number of benzene rings is 3. The van der Waals surface area contributed by atoms with Gasteiger partial charge in [-0.3, -0.25) is 0 Å². The predicted octanol–water partition coefficient (Wildman–Crippen LogP) is 5.15. The van der Waals surface area contributed by atoms with Crippen LogP contribution < -0.4 is 20.1 Å². The minimum Gasteiger partial charge on any atom is -0.497 e. The maximum Gasteiger partial charge on any atom is 0.229 e. The summed E-state index contributed by atoms with van der Waals surface area (Å²) in [7, 11) is 3.30. The quantitative estimate of drug-likeness (QED) is 0.365. The smallest absolute Gasteiger partial charge is 0.229 e. The van der Waals surface area contributed by atoms with Crippen molar-refractivity contribution in [3.63, 3.8) is 0 Å². The van der Waals surface area contributed by atoms with Gasteiger partial charge in [0.1, 0.15) is 23.9 Å². The Morgan fingerprint density at radius 2 is 1.39 bits per heavy atom. The molecule has 0 saturated carbocycles. The van der Waals surface area contributed by atoms with E-state index in [1.165, 1.54) is 0 Å². The number of rotatable bonds is 9. The van der Waals surface area contributed by atoms with Crippen LogP contribution in [0, 0.1) is 0 Å². The number of hydrogen-bond donors (Lipinski definition) is 2. The van der Waals surface area contributed by atoms with Crippen molar-refractivity contribution in [3.05, 3.63) is 72.8 Å². The number of fused-ring (bicyclic) bond motifs is 1. The number of aromatic nitrogens is 2. The Morgan fingerprint density at radius 3 is 2.10 bits per heavy atom. The molecule has 158 valence electrons. The molecule has 0 radical (unpaired) electrons. The first-order valence-electron chi connectivity index (χ1n) is 9.92. The van der Waals surface area contributed by atoms with Crippen molar-refractivity contribution in [3.8, 4) is 11.5 Å². The fourth-order valence-electron chi connectivity index (χ4n) is 3.05. The third-order valence-electron chi connectivity index (χ3n) is 4.62. The first-order valence-corrected chi connectivity index (χ1v) is 9.92. The Bertz CT molecular complexity index is 1130. The second-order valence-corrected chi connectivity index (χ2v) is 6.76. The minimum atomic E-state index is 0.503. The second-order valence-electron chi connectivity index (χ2n) is 6.76. The maximum absolute atomic E-state index is 5.61. The molecule has 0 saturated heterocycles. The fraction of sp³-hybridized carbons (Fsp3) is 0.167. The highest BCUT2D eigenvalue weighted by atomic mass is 16.5. The summed E-state index contributed by atoms with van der Waals surface area (Å²) in [5.41, 5.74) is 2.62. The van der Waals surface area contributed by atoms with E-state index in [9.17, 15) is 0 Å². The van der Waals surface area contributed by atoms with Gasteiger partial charge in [-0.15, -0.1) is 0 Å². The maximum atomic E-state index is 5.61. The number of nitrogens with one attached hydrogen (secondary N) is 2. The first-order chi connectivity index (χ1) is 15.2. The zero-order valence-electron chi connectivity index (χ0n) is 17.5. The SMILES string of the molecule is COCCOc1ccc(Nc2nc(Nc3ccc(OC)cc3)c3ccccc3n2)cc1. The zero-order chi connectivity index (χ0) is 21.5. The molecule has 1 heterocycles. The van der Waals surface area contributed by atoms with Crippen LogP contribution in [0.25, 0.3) is 10.9 Å². The van der Waals surface area contributed by atoms with Gasteiger partial charge in [-0.25, -0.2) is 4.98 Å². The first kappa shape index (κ1) is 20.4. The van der Waals surface area contributed by atoms with Crippen LogP contribution in [0.15, 0.2) is 72.8 Å². The third-order valence-corrected chi connectivity index (χ3v) is 4.62. The van der Waals surface area contributed by atoms with E-state index >= 15 is 0 Å². The van der Waals surface area contributed by atoms with Gasteiger partial charge in [-0.05, 0) is 60.7 Å². The average Bonchev–Trinajstić information content (AvgIpc) is 2.81. The number of nitrogens with zero attached hydrogens (tertiary/aromatic N) is 2. The number of para-hydroxylation sites is 1. The molecule has 0 bridgehead atoms. The van der Waals surface area contributed by atoms with Crippen LogP contribution in [0.4, 0.5) is 23.1 Å². The molecular weight excluding hydrogens is 392 g/mol. The van der Waals surface area contributed by atoms with Crippen molar-refractivity contribution in [1.82, 2.24) is 9.97 Å². The van der Waals surface area contributed by atoms with E-state index in [4.69, 9.17) is 19.2 Å². The number of ether oxygens (including phenoxy) is 3. The summed E-state index contributed by atoms with van der Waals surface area (Å²) in [5, 5.41) is 7.59. The lowest BCUT2D eigenvalue weighted by Gasteiger charge is -2.13. The second kappa shape index (κ2) is 9.77. The van der Waals surface area contributed by atoms with Crippen LogP contribution >= 0.6 is 0 Å². The van der Waals surface area contributed by atoms with Crippen molar-refractivity contribution in [2.75, 3.05) is 38.1 Å². The molecule has 3 aromatic carbocycles. The van der Waals surface area contributed by atoms with E-state index in [1.54, 1.807) is 14.2 Å². The molecular formula is C24H24N4O3. The largest absolute Gasteiger partial charge is 0.497 e. The van der Waals surface area contributed by atoms with E-state index in [0.29, 0.717) is 19.2 Å². The van der Waals surface area contributed by atoms with Gasteiger partial charge in [-0.1, -0.05) is 12.1 Å². The molecule has 0 spiro atoms. The Kier molecular flexibility index (Phi) is 6.44. The Morgan fingerprint density at radius 1 is 0.710 bits per heavy atom. The molecule has 2 N–H and O–H groups in total. The van der Waals surface area contributed by atoms with Crippen molar-refractivity contribution in [2.24, 2.45) is 0 Å². The van der Waals surface area contributed by atoms with E-state index in [-0.39, 0.29) is 0 Å². The molecule has 0 aliphatic rings. The van der Waals surface area contributed by atoms with E-state index in [2.05, 4.69) is 15.6 Å². The van der Waals surface area contributed by atoms with Gasteiger partial charge >= 0.3 is 0 Å². The molecule has 7 heteroatoms. The van der Waals surface area contributed by atoms with Crippen LogP contribution in [0.2, 0.25) is 0 Å². The van der Waals surface area contributed by atoms with Gasteiger partial charge in [0.2, 0.25) is 5.95 Å². The average molecular weight is 416 g/mol. The van der Waals surface area contributed by atoms with Gasteiger partial charge in [0.15, 0.2) is 0 Å². The van der Waals surface area contributed by atoms with Crippen LogP contribution in [0.5, 0.6) is 11.5 Å². The molecule has 7 nitrogen and oxygen atoms in total. The van der Waals surface area contributed by atoms with E-state index in [0.717, 1.165) is 39.6 Å². The molecule has 4 aromatic rings. The van der Waals surface area contributed by atoms with Crippen LogP contribution in [0.1, 0.15) is 0 Å². The van der Waals surface area contributed by atoms with Gasteiger partial charge in [0.25, 0.3) is 0 Å².